The molecule has 5 heteroatoms. The third kappa shape index (κ3) is 2.25. The maximum atomic E-state index is 13.4. The van der Waals surface area contributed by atoms with E-state index in [0.717, 1.165) is 23.1 Å². The summed E-state index contributed by atoms with van der Waals surface area (Å²) in [6.45, 7) is 0.675. The predicted octanol–water partition coefficient (Wildman–Crippen LogP) is 2.81. The van der Waals surface area contributed by atoms with Gasteiger partial charge in [-0.15, -0.1) is 11.3 Å². The van der Waals surface area contributed by atoms with Crippen molar-refractivity contribution >= 4 is 11.3 Å². The number of thiazole rings is 1. The highest BCUT2D eigenvalue weighted by Crippen LogP contribution is 2.27. The highest BCUT2D eigenvalue weighted by atomic mass is 32.1. The molecule has 2 rings (SSSR count). The molecule has 0 saturated heterocycles. The van der Waals surface area contributed by atoms with Crippen LogP contribution in [0, 0.1) is 11.6 Å². The van der Waals surface area contributed by atoms with Gasteiger partial charge in [0, 0.05) is 23.2 Å². The minimum absolute atomic E-state index is 0.215. The van der Waals surface area contributed by atoms with Gasteiger partial charge in [0.15, 0.2) is 0 Å². The van der Waals surface area contributed by atoms with Gasteiger partial charge in [0.05, 0.1) is 0 Å². The summed E-state index contributed by atoms with van der Waals surface area (Å²) in [4.78, 5) is 5.07. The number of benzene rings is 1. The van der Waals surface area contributed by atoms with Crippen LogP contribution in [0.25, 0.3) is 10.6 Å². The lowest BCUT2D eigenvalue weighted by Gasteiger charge is -1.98. The second kappa shape index (κ2) is 4.67. The molecule has 0 bridgehead atoms. The highest BCUT2D eigenvalue weighted by Gasteiger charge is 2.10. The Morgan fingerprint density at radius 3 is 2.94 bits per heavy atom. The van der Waals surface area contributed by atoms with Crippen LogP contribution >= 0.6 is 11.3 Å². The molecule has 1 N–H and O–H groups in total. The molecule has 0 fully saturated rings. The summed E-state index contributed by atoms with van der Waals surface area (Å²) in [6.07, 6.45) is 1.67. The molecule has 16 heavy (non-hydrogen) atoms. The van der Waals surface area contributed by atoms with Crippen molar-refractivity contribution in [3.8, 4) is 10.6 Å². The lowest BCUT2D eigenvalue weighted by Crippen LogP contribution is -2.02. The van der Waals surface area contributed by atoms with Gasteiger partial charge in [0.1, 0.15) is 16.6 Å². The van der Waals surface area contributed by atoms with Crippen molar-refractivity contribution in [2.75, 3.05) is 7.05 Å². The Balaban J connectivity index is 2.38. The van der Waals surface area contributed by atoms with E-state index in [1.165, 1.54) is 11.3 Å². The Hall–Kier alpha value is -1.33. The number of hydrogen-bond donors (Lipinski definition) is 1. The van der Waals surface area contributed by atoms with Crippen molar-refractivity contribution < 1.29 is 8.78 Å². The van der Waals surface area contributed by atoms with Gasteiger partial charge in [-0.3, -0.25) is 0 Å². The first-order valence-corrected chi connectivity index (χ1v) is 5.57. The summed E-state index contributed by atoms with van der Waals surface area (Å²) >= 11 is 1.35. The van der Waals surface area contributed by atoms with Crippen LogP contribution in [0.4, 0.5) is 8.78 Å². The smallest absolute Gasteiger partial charge is 0.133 e. The fourth-order valence-corrected chi connectivity index (χ4v) is 2.29. The number of rotatable bonds is 3. The first-order chi connectivity index (χ1) is 7.70. The molecule has 0 atom stereocenters. The van der Waals surface area contributed by atoms with E-state index in [4.69, 9.17) is 0 Å². The molecule has 0 aliphatic carbocycles. The maximum Gasteiger partial charge on any atom is 0.133 e. The van der Waals surface area contributed by atoms with Crippen LogP contribution in [0.5, 0.6) is 0 Å². The van der Waals surface area contributed by atoms with E-state index < -0.39 is 11.6 Å². The number of halogens is 2. The number of nitrogens with one attached hydrogen (secondary N) is 1. The van der Waals surface area contributed by atoms with Crippen molar-refractivity contribution in [1.29, 1.82) is 0 Å². The van der Waals surface area contributed by atoms with E-state index in [0.29, 0.717) is 11.6 Å². The maximum absolute atomic E-state index is 13.4. The fraction of sp³-hybridized carbons (Fsp3) is 0.182. The van der Waals surface area contributed by atoms with Gasteiger partial charge >= 0.3 is 0 Å². The van der Waals surface area contributed by atoms with Crippen molar-refractivity contribution in [2.45, 2.75) is 6.54 Å². The lowest BCUT2D eigenvalue weighted by molar-refractivity contribution is 0.603. The van der Waals surface area contributed by atoms with E-state index in [2.05, 4.69) is 10.3 Å². The van der Waals surface area contributed by atoms with Crippen LogP contribution in [0.15, 0.2) is 24.4 Å². The summed E-state index contributed by atoms with van der Waals surface area (Å²) < 4.78 is 26.4. The average Bonchev–Trinajstić information content (AvgIpc) is 2.71. The molecule has 0 unspecified atom stereocenters. The molecule has 0 aliphatic rings. The summed E-state index contributed by atoms with van der Waals surface area (Å²) in [7, 11) is 1.82. The van der Waals surface area contributed by atoms with E-state index >= 15 is 0 Å². The van der Waals surface area contributed by atoms with E-state index in [1.54, 1.807) is 6.20 Å². The molecule has 84 valence electrons. The Labute approximate surface area is 96.0 Å². The van der Waals surface area contributed by atoms with Crippen molar-refractivity contribution in [3.05, 3.63) is 40.9 Å². The highest BCUT2D eigenvalue weighted by molar-refractivity contribution is 7.15. The Bertz CT molecular complexity index is 496. The lowest BCUT2D eigenvalue weighted by atomic mass is 10.2. The minimum Gasteiger partial charge on any atom is -0.315 e. The summed E-state index contributed by atoms with van der Waals surface area (Å²) in [6, 6.07) is 3.38. The molecule has 1 aromatic carbocycles. The monoisotopic (exact) mass is 240 g/mol. The molecule has 0 aliphatic heterocycles. The zero-order chi connectivity index (χ0) is 11.5. The van der Waals surface area contributed by atoms with Crippen molar-refractivity contribution in [1.82, 2.24) is 10.3 Å². The third-order valence-corrected chi connectivity index (χ3v) is 3.09. The topological polar surface area (TPSA) is 24.9 Å². The number of aromatic nitrogens is 1. The molecule has 2 nitrogen and oxygen atoms in total. The van der Waals surface area contributed by atoms with Gasteiger partial charge in [-0.25, -0.2) is 13.8 Å². The second-order valence-corrected chi connectivity index (χ2v) is 4.40. The predicted molar refractivity (Wildman–Crippen MR) is 60.2 cm³/mol. The van der Waals surface area contributed by atoms with E-state index in [9.17, 15) is 8.78 Å². The first kappa shape index (κ1) is 11.2. The molecule has 0 radical (unpaired) electrons. The van der Waals surface area contributed by atoms with Crippen molar-refractivity contribution in [2.24, 2.45) is 0 Å². The van der Waals surface area contributed by atoms with Crippen LogP contribution in [0.2, 0.25) is 0 Å². The van der Waals surface area contributed by atoms with Crippen LogP contribution in [-0.4, -0.2) is 12.0 Å². The standard InChI is InChI=1S/C11H10F2N2S/c1-14-5-8-6-15-11(16-8)9-4-7(12)2-3-10(9)13/h2-4,6,14H,5H2,1H3. The van der Waals surface area contributed by atoms with Gasteiger partial charge in [0.2, 0.25) is 0 Å². The molecule has 0 amide bonds. The van der Waals surface area contributed by atoms with Crippen LogP contribution in [-0.2, 0) is 6.54 Å². The normalized spacial score (nSPS) is 10.7. The molecule has 0 spiro atoms. The Morgan fingerprint density at radius 2 is 2.19 bits per heavy atom. The molecule has 2 aromatic rings. The Morgan fingerprint density at radius 1 is 1.38 bits per heavy atom. The van der Waals surface area contributed by atoms with Gasteiger partial charge in [0.25, 0.3) is 0 Å². The van der Waals surface area contributed by atoms with Crippen molar-refractivity contribution in [3.63, 3.8) is 0 Å². The average molecular weight is 240 g/mol. The SMILES string of the molecule is CNCc1cnc(-c2cc(F)ccc2F)s1. The minimum atomic E-state index is -0.457. The van der Waals surface area contributed by atoms with E-state index in [-0.39, 0.29) is 5.56 Å². The first-order valence-electron chi connectivity index (χ1n) is 4.75. The second-order valence-electron chi connectivity index (χ2n) is 3.29. The zero-order valence-electron chi connectivity index (χ0n) is 8.63. The van der Waals surface area contributed by atoms with Gasteiger partial charge in [-0.1, -0.05) is 0 Å². The van der Waals surface area contributed by atoms with Crippen LogP contribution in [0.3, 0.4) is 0 Å². The molecule has 1 heterocycles. The van der Waals surface area contributed by atoms with Gasteiger partial charge < -0.3 is 5.32 Å². The molecular weight excluding hydrogens is 230 g/mol. The Kier molecular flexibility index (Phi) is 3.26. The zero-order valence-corrected chi connectivity index (χ0v) is 9.44. The van der Waals surface area contributed by atoms with Crippen LogP contribution < -0.4 is 5.32 Å². The van der Waals surface area contributed by atoms with E-state index in [1.807, 2.05) is 7.05 Å². The fourth-order valence-electron chi connectivity index (χ4n) is 1.35. The quantitative estimate of drug-likeness (QED) is 0.892. The summed E-state index contributed by atoms with van der Waals surface area (Å²) in [5, 5.41) is 3.48. The third-order valence-electron chi connectivity index (χ3n) is 2.06. The largest absolute Gasteiger partial charge is 0.315 e. The van der Waals surface area contributed by atoms with Gasteiger partial charge in [-0.05, 0) is 25.2 Å². The summed E-state index contributed by atoms with van der Waals surface area (Å²) in [5.74, 6) is -0.909. The molecular formula is C11H10F2N2S. The molecule has 0 saturated carbocycles. The number of nitrogens with zero attached hydrogens (tertiary/aromatic N) is 1. The molecule has 1 aromatic heterocycles. The number of hydrogen-bond acceptors (Lipinski definition) is 3. The van der Waals surface area contributed by atoms with Gasteiger partial charge in [-0.2, -0.15) is 0 Å². The van der Waals surface area contributed by atoms with Crippen LogP contribution in [0.1, 0.15) is 4.88 Å². The summed E-state index contributed by atoms with van der Waals surface area (Å²) in [5.41, 5.74) is 0.215.